The van der Waals surface area contributed by atoms with E-state index in [1.54, 1.807) is 72.8 Å². The molecular weight excluding hydrogens is 418 g/mol. The van der Waals surface area contributed by atoms with E-state index >= 15 is 0 Å². The van der Waals surface area contributed by atoms with Crippen molar-refractivity contribution >= 4 is 35.0 Å². The third-order valence-electron chi connectivity index (χ3n) is 5.44. The van der Waals surface area contributed by atoms with Crippen molar-refractivity contribution in [1.82, 2.24) is 5.32 Å². The van der Waals surface area contributed by atoms with Gasteiger partial charge in [-0.3, -0.25) is 19.2 Å². The van der Waals surface area contributed by atoms with Crippen LogP contribution in [0, 0.1) is 5.92 Å². The summed E-state index contributed by atoms with van der Waals surface area (Å²) in [7, 11) is 0. The third-order valence-corrected chi connectivity index (χ3v) is 5.44. The van der Waals surface area contributed by atoms with E-state index in [2.05, 4.69) is 10.6 Å². The summed E-state index contributed by atoms with van der Waals surface area (Å²) in [5, 5.41) is 5.57. The Bertz CT molecular complexity index is 1200. The quantitative estimate of drug-likeness (QED) is 0.568. The number of nitrogens with zero attached hydrogens (tertiary/aromatic N) is 1. The van der Waals surface area contributed by atoms with Crippen LogP contribution in [0.1, 0.15) is 44.9 Å². The van der Waals surface area contributed by atoms with E-state index in [-0.39, 0.29) is 11.8 Å². The SMILES string of the molecule is CC(C)C(NC(=O)c1ccccc1)C(=O)Nc1cccc(N2C(=O)c3ccccc3C2=O)c1. The van der Waals surface area contributed by atoms with Crippen LogP contribution in [0.5, 0.6) is 0 Å². The summed E-state index contributed by atoms with van der Waals surface area (Å²) < 4.78 is 0. The molecule has 7 heteroatoms. The number of anilines is 2. The maximum absolute atomic E-state index is 13.0. The average molecular weight is 441 g/mol. The van der Waals surface area contributed by atoms with Crippen molar-refractivity contribution in [2.75, 3.05) is 10.2 Å². The van der Waals surface area contributed by atoms with Crippen LogP contribution >= 0.6 is 0 Å². The normalized spacial score (nSPS) is 13.6. The molecule has 0 fully saturated rings. The largest absolute Gasteiger partial charge is 0.340 e. The molecule has 0 bridgehead atoms. The molecule has 1 aliphatic rings. The highest BCUT2D eigenvalue weighted by atomic mass is 16.2. The molecule has 0 aliphatic carbocycles. The molecule has 2 N–H and O–H groups in total. The van der Waals surface area contributed by atoms with Gasteiger partial charge in [-0.25, -0.2) is 4.90 Å². The summed E-state index contributed by atoms with van der Waals surface area (Å²) >= 11 is 0. The Morgan fingerprint density at radius 3 is 2.00 bits per heavy atom. The number of hydrogen-bond donors (Lipinski definition) is 2. The van der Waals surface area contributed by atoms with Gasteiger partial charge in [0.1, 0.15) is 6.04 Å². The first-order chi connectivity index (χ1) is 15.9. The van der Waals surface area contributed by atoms with Crippen molar-refractivity contribution < 1.29 is 19.2 Å². The number of rotatable bonds is 6. The van der Waals surface area contributed by atoms with Crippen LogP contribution < -0.4 is 15.5 Å². The van der Waals surface area contributed by atoms with E-state index in [0.29, 0.717) is 28.1 Å². The molecule has 0 radical (unpaired) electrons. The molecule has 3 aromatic carbocycles. The van der Waals surface area contributed by atoms with E-state index in [4.69, 9.17) is 0 Å². The number of fused-ring (bicyclic) bond motifs is 1. The molecule has 1 aliphatic heterocycles. The molecule has 4 amide bonds. The highest BCUT2D eigenvalue weighted by Crippen LogP contribution is 2.29. The predicted molar refractivity (Wildman–Crippen MR) is 125 cm³/mol. The third kappa shape index (κ3) is 4.39. The first kappa shape index (κ1) is 22.0. The molecular formula is C26H23N3O4. The Morgan fingerprint density at radius 1 is 0.788 bits per heavy atom. The predicted octanol–water partition coefficient (Wildman–Crippen LogP) is 3.88. The van der Waals surface area contributed by atoms with Crippen LogP contribution in [0.15, 0.2) is 78.9 Å². The van der Waals surface area contributed by atoms with Gasteiger partial charge in [-0.1, -0.05) is 50.2 Å². The van der Waals surface area contributed by atoms with Crippen molar-refractivity contribution in [1.29, 1.82) is 0 Å². The van der Waals surface area contributed by atoms with Gasteiger partial charge in [-0.05, 0) is 48.4 Å². The number of benzene rings is 3. The number of hydrogen-bond acceptors (Lipinski definition) is 4. The summed E-state index contributed by atoms with van der Waals surface area (Å²) in [5.41, 5.74) is 1.92. The summed E-state index contributed by atoms with van der Waals surface area (Å²) in [5.74, 6) is -1.72. The highest BCUT2D eigenvalue weighted by Gasteiger charge is 2.36. The first-order valence-corrected chi connectivity index (χ1v) is 10.6. The van der Waals surface area contributed by atoms with Crippen LogP contribution in [0.3, 0.4) is 0 Å². The fraction of sp³-hybridized carbons (Fsp3) is 0.154. The van der Waals surface area contributed by atoms with Crippen molar-refractivity contribution in [3.8, 4) is 0 Å². The zero-order valence-electron chi connectivity index (χ0n) is 18.2. The summed E-state index contributed by atoms with van der Waals surface area (Å²) in [6, 6.07) is 21.1. The lowest BCUT2D eigenvalue weighted by Crippen LogP contribution is -2.47. The molecule has 0 spiro atoms. The Morgan fingerprint density at radius 2 is 1.39 bits per heavy atom. The van der Waals surface area contributed by atoms with Crippen LogP contribution in [0.25, 0.3) is 0 Å². The molecule has 33 heavy (non-hydrogen) atoms. The van der Waals surface area contributed by atoms with E-state index in [1.807, 2.05) is 19.9 Å². The second kappa shape index (κ2) is 9.08. The second-order valence-electron chi connectivity index (χ2n) is 8.09. The zero-order chi connectivity index (χ0) is 23.5. The molecule has 0 aromatic heterocycles. The molecule has 0 saturated heterocycles. The molecule has 7 nitrogen and oxygen atoms in total. The van der Waals surface area contributed by atoms with Gasteiger partial charge in [-0.2, -0.15) is 0 Å². The minimum Gasteiger partial charge on any atom is -0.340 e. The fourth-order valence-electron chi connectivity index (χ4n) is 3.72. The number of imide groups is 1. The Kier molecular flexibility index (Phi) is 6.04. The van der Waals surface area contributed by atoms with Crippen LogP contribution in [0.4, 0.5) is 11.4 Å². The van der Waals surface area contributed by atoms with Gasteiger partial charge in [0.15, 0.2) is 0 Å². The minimum atomic E-state index is -0.777. The minimum absolute atomic E-state index is 0.169. The van der Waals surface area contributed by atoms with Gasteiger partial charge >= 0.3 is 0 Å². The standard InChI is InChI=1S/C26H23N3O4/c1-16(2)22(28-23(30)17-9-4-3-5-10-17)24(31)27-18-11-8-12-19(15-18)29-25(32)20-13-6-7-14-21(20)26(29)33/h3-16,22H,1-2H3,(H,27,31)(H,28,30). The van der Waals surface area contributed by atoms with Gasteiger partial charge < -0.3 is 10.6 Å². The van der Waals surface area contributed by atoms with E-state index in [9.17, 15) is 19.2 Å². The Balaban J connectivity index is 1.52. The summed E-state index contributed by atoms with van der Waals surface area (Å²) in [6.45, 7) is 3.68. The lowest BCUT2D eigenvalue weighted by atomic mass is 10.0. The first-order valence-electron chi connectivity index (χ1n) is 10.6. The number of carbonyl (C=O) groups excluding carboxylic acids is 4. The smallest absolute Gasteiger partial charge is 0.266 e. The van der Waals surface area contributed by atoms with Crippen molar-refractivity contribution in [3.05, 3.63) is 95.6 Å². The maximum Gasteiger partial charge on any atom is 0.266 e. The maximum atomic E-state index is 13.0. The molecule has 1 unspecified atom stereocenters. The molecule has 0 saturated carbocycles. The Labute approximate surface area is 191 Å². The lowest BCUT2D eigenvalue weighted by Gasteiger charge is -2.22. The van der Waals surface area contributed by atoms with Crippen molar-refractivity contribution in [2.45, 2.75) is 19.9 Å². The molecule has 166 valence electrons. The van der Waals surface area contributed by atoms with Crippen LogP contribution in [-0.2, 0) is 4.79 Å². The van der Waals surface area contributed by atoms with Gasteiger partial charge in [0.25, 0.3) is 17.7 Å². The molecule has 1 atom stereocenters. The van der Waals surface area contributed by atoms with Gasteiger partial charge in [-0.15, -0.1) is 0 Å². The average Bonchev–Trinajstić information content (AvgIpc) is 3.08. The zero-order valence-corrected chi connectivity index (χ0v) is 18.2. The van der Waals surface area contributed by atoms with E-state index in [0.717, 1.165) is 4.90 Å². The summed E-state index contributed by atoms with van der Waals surface area (Å²) in [6.07, 6.45) is 0. The second-order valence-corrected chi connectivity index (χ2v) is 8.09. The lowest BCUT2D eigenvalue weighted by molar-refractivity contribution is -0.118. The van der Waals surface area contributed by atoms with E-state index < -0.39 is 23.8 Å². The summed E-state index contributed by atoms with van der Waals surface area (Å²) in [4.78, 5) is 52.2. The van der Waals surface area contributed by atoms with Gasteiger partial charge in [0.2, 0.25) is 5.91 Å². The van der Waals surface area contributed by atoms with Crippen LogP contribution in [0.2, 0.25) is 0 Å². The number of nitrogens with one attached hydrogen (secondary N) is 2. The van der Waals surface area contributed by atoms with Gasteiger partial charge in [0.05, 0.1) is 16.8 Å². The highest BCUT2D eigenvalue weighted by molar-refractivity contribution is 6.34. The monoisotopic (exact) mass is 441 g/mol. The van der Waals surface area contributed by atoms with Gasteiger partial charge in [0, 0.05) is 11.3 Å². The molecule has 4 rings (SSSR count). The topological polar surface area (TPSA) is 95.6 Å². The Hall–Kier alpha value is -4.26. The fourth-order valence-corrected chi connectivity index (χ4v) is 3.72. The van der Waals surface area contributed by atoms with Crippen molar-refractivity contribution in [2.24, 2.45) is 5.92 Å². The molecule has 3 aromatic rings. The van der Waals surface area contributed by atoms with E-state index in [1.165, 1.54) is 0 Å². The molecule has 1 heterocycles. The number of carbonyl (C=O) groups is 4. The van der Waals surface area contributed by atoms with Crippen molar-refractivity contribution in [3.63, 3.8) is 0 Å². The number of amides is 4. The van der Waals surface area contributed by atoms with Crippen LogP contribution in [-0.4, -0.2) is 29.7 Å².